The summed E-state index contributed by atoms with van der Waals surface area (Å²) < 4.78 is 27.4. The van der Waals surface area contributed by atoms with E-state index in [1.165, 1.54) is 13.2 Å². The Morgan fingerprint density at radius 3 is 2.50 bits per heavy atom. The van der Waals surface area contributed by atoms with Crippen LogP contribution in [0.1, 0.15) is 86.7 Å². The quantitative estimate of drug-likeness (QED) is 0.173. The molecule has 46 heavy (non-hydrogen) atoms. The first kappa shape index (κ1) is 36.7. The summed E-state index contributed by atoms with van der Waals surface area (Å²) in [6.45, 7) is 11.1. The number of aromatic nitrogens is 2. The molecule has 0 saturated carbocycles. The molecular weight excluding hydrogens is 601 g/mol. The third-order valence-corrected chi connectivity index (χ3v) is 8.44. The lowest BCUT2D eigenvalue weighted by atomic mass is 9.88. The van der Waals surface area contributed by atoms with Crippen LogP contribution in [0.4, 0.5) is 4.39 Å². The molecule has 1 unspecified atom stereocenters. The molecule has 5 rings (SSSR count). The number of carbonyl (C=O) groups is 1. The number of benzene rings is 2. The number of methoxy groups -OCH3 is 1. The molecule has 248 valence electrons. The number of likely N-dealkylation sites (tertiary alicyclic amines) is 1. The van der Waals surface area contributed by atoms with Gasteiger partial charge in [0.2, 0.25) is 0 Å². The lowest BCUT2D eigenvalue weighted by Gasteiger charge is -2.36. The highest BCUT2D eigenvalue weighted by molar-refractivity contribution is 7.79. The van der Waals surface area contributed by atoms with Gasteiger partial charge >= 0.3 is 5.97 Å². The van der Waals surface area contributed by atoms with Crippen molar-refractivity contribution in [1.29, 1.82) is 5.26 Å². The van der Waals surface area contributed by atoms with Crippen molar-refractivity contribution in [2.24, 2.45) is 5.92 Å². The van der Waals surface area contributed by atoms with Crippen molar-refractivity contribution in [2.45, 2.75) is 78.6 Å². The number of piperidine rings is 1. The summed E-state index contributed by atoms with van der Waals surface area (Å²) >= 11 is 3.53. The zero-order valence-electron chi connectivity index (χ0n) is 27.9. The smallest absolute Gasteiger partial charge is 0.337 e. The van der Waals surface area contributed by atoms with E-state index >= 15 is 0 Å². The summed E-state index contributed by atoms with van der Waals surface area (Å²) in [6.07, 6.45) is 11.7. The predicted octanol–water partition coefficient (Wildman–Crippen LogP) is 7.57. The van der Waals surface area contributed by atoms with E-state index in [9.17, 15) is 9.18 Å². The van der Waals surface area contributed by atoms with Gasteiger partial charge in [-0.1, -0.05) is 45.9 Å². The summed E-state index contributed by atoms with van der Waals surface area (Å²) in [7, 11) is 1.40. The zero-order chi connectivity index (χ0) is 33.6. The molecule has 2 aliphatic rings. The number of esters is 1. The Morgan fingerprint density at radius 2 is 1.87 bits per heavy atom. The van der Waals surface area contributed by atoms with Crippen LogP contribution in [0.3, 0.4) is 0 Å². The molecule has 0 radical (unpaired) electrons. The highest BCUT2D eigenvalue weighted by atomic mass is 32.1. The average Bonchev–Trinajstić information content (AvgIpc) is 3.46. The Kier molecular flexibility index (Phi) is 14.6. The van der Waals surface area contributed by atoms with Crippen LogP contribution in [0, 0.1) is 23.1 Å². The summed E-state index contributed by atoms with van der Waals surface area (Å²) in [6, 6.07) is 12.4. The molecule has 3 aromatic rings. The Hall–Kier alpha value is -3.81. The Labute approximate surface area is 278 Å². The summed E-state index contributed by atoms with van der Waals surface area (Å²) in [5, 5.41) is 12.4. The standard InChI is InChI=1S/C33H38FN5O3.C2H6.CH4S/c1-4-26(5-2)39-30-18-24(33(40)41-3)11-12-29(30)36-31(39)20-38-15-13-23(14-16-38)28-7-6-8-32(37-28)42-21-25-10-9-22(19-35)17-27(25)34;2*1-2/h6-12,17-18,23,26,28,37H,4-5,13-16,20-21H2,1-3H3;1-2H3;2H,1H3. The maximum absolute atomic E-state index is 14.3. The number of carbonyl (C=O) groups excluding carboxylic acids is 1. The molecular formula is C36H48FN5O3S. The molecule has 1 atom stereocenters. The van der Waals surface area contributed by atoms with Gasteiger partial charge in [-0.25, -0.2) is 14.2 Å². The third-order valence-electron chi connectivity index (χ3n) is 8.44. The Balaban J connectivity index is 0.00000139. The number of nitrogens with zero attached hydrogens (tertiary/aromatic N) is 4. The number of hydrogen-bond acceptors (Lipinski definition) is 8. The maximum Gasteiger partial charge on any atom is 0.337 e. The van der Waals surface area contributed by atoms with Crippen LogP contribution in [0.25, 0.3) is 11.0 Å². The molecule has 1 N–H and O–H groups in total. The molecule has 10 heteroatoms. The number of ether oxygens (including phenoxy) is 2. The van der Waals surface area contributed by atoms with Crippen molar-refractivity contribution in [1.82, 2.24) is 19.8 Å². The number of rotatable bonds is 10. The second-order valence-electron chi connectivity index (χ2n) is 11.0. The average molecular weight is 650 g/mol. The normalized spacial score (nSPS) is 16.3. The minimum Gasteiger partial charge on any atom is -0.474 e. The molecule has 8 nitrogen and oxygen atoms in total. The summed E-state index contributed by atoms with van der Waals surface area (Å²) in [5.41, 5.74) is 3.12. The minimum absolute atomic E-state index is 0.0913. The maximum atomic E-state index is 14.3. The van der Waals surface area contributed by atoms with Gasteiger partial charge in [-0.2, -0.15) is 17.9 Å². The fourth-order valence-corrected chi connectivity index (χ4v) is 6.01. The molecule has 1 fully saturated rings. The number of dihydropyridines is 1. The number of fused-ring (bicyclic) bond motifs is 1. The van der Waals surface area contributed by atoms with Gasteiger partial charge in [-0.3, -0.25) is 4.90 Å². The number of imidazole rings is 1. The lowest BCUT2D eigenvalue weighted by molar-refractivity contribution is 0.0601. The molecule has 1 aromatic heterocycles. The van der Waals surface area contributed by atoms with E-state index in [0.29, 0.717) is 34.5 Å². The Bertz CT molecular complexity index is 1530. The monoisotopic (exact) mass is 649 g/mol. The van der Waals surface area contributed by atoms with Crippen LogP contribution in [0.2, 0.25) is 0 Å². The van der Waals surface area contributed by atoms with Crippen molar-refractivity contribution in [3.8, 4) is 6.07 Å². The van der Waals surface area contributed by atoms with Gasteiger partial charge in [0.15, 0.2) is 5.88 Å². The van der Waals surface area contributed by atoms with Crippen LogP contribution in [-0.4, -0.2) is 52.9 Å². The fourth-order valence-electron chi connectivity index (χ4n) is 6.01. The zero-order valence-corrected chi connectivity index (χ0v) is 28.8. The molecule has 2 aromatic carbocycles. The number of halogens is 1. The summed E-state index contributed by atoms with van der Waals surface area (Å²) in [4.78, 5) is 19.7. The van der Waals surface area contributed by atoms with E-state index < -0.39 is 5.82 Å². The molecule has 0 spiro atoms. The van der Waals surface area contributed by atoms with Gasteiger partial charge in [-0.05, 0) is 87.4 Å². The van der Waals surface area contributed by atoms with E-state index in [1.807, 2.05) is 44.2 Å². The molecule has 0 amide bonds. The molecule has 3 heterocycles. The third kappa shape index (κ3) is 8.92. The number of nitrogens with one attached hydrogen (secondary N) is 1. The lowest BCUT2D eigenvalue weighted by Crippen LogP contribution is -2.43. The van der Waals surface area contributed by atoms with Gasteiger partial charge in [0.05, 0.1) is 47.9 Å². The fraction of sp³-hybridized carbons (Fsp3) is 0.472. The van der Waals surface area contributed by atoms with Crippen LogP contribution in [-0.2, 0) is 22.6 Å². The van der Waals surface area contributed by atoms with Gasteiger partial charge in [0.1, 0.15) is 18.2 Å². The van der Waals surface area contributed by atoms with Crippen molar-refractivity contribution in [3.05, 3.63) is 88.8 Å². The Morgan fingerprint density at radius 1 is 1.15 bits per heavy atom. The first-order valence-electron chi connectivity index (χ1n) is 16.2. The topological polar surface area (TPSA) is 92.4 Å². The second-order valence-corrected chi connectivity index (χ2v) is 11.0. The van der Waals surface area contributed by atoms with Crippen LogP contribution >= 0.6 is 12.6 Å². The first-order valence-corrected chi connectivity index (χ1v) is 17.1. The number of thiol groups is 1. The highest BCUT2D eigenvalue weighted by Crippen LogP contribution is 2.30. The van der Waals surface area contributed by atoms with Crippen molar-refractivity contribution in [3.63, 3.8) is 0 Å². The molecule has 2 aliphatic heterocycles. The van der Waals surface area contributed by atoms with Gasteiger partial charge in [0, 0.05) is 11.6 Å². The number of hydrogen-bond donors (Lipinski definition) is 2. The van der Waals surface area contributed by atoms with Crippen LogP contribution in [0.15, 0.2) is 60.5 Å². The van der Waals surface area contributed by atoms with E-state index in [1.54, 1.807) is 24.5 Å². The first-order chi connectivity index (χ1) is 22.4. The van der Waals surface area contributed by atoms with Gasteiger partial charge in [0.25, 0.3) is 0 Å². The van der Waals surface area contributed by atoms with Crippen molar-refractivity contribution < 1.29 is 18.7 Å². The van der Waals surface area contributed by atoms with E-state index in [2.05, 4.69) is 47.3 Å². The van der Waals surface area contributed by atoms with E-state index in [-0.39, 0.29) is 18.6 Å². The van der Waals surface area contributed by atoms with Gasteiger partial charge in [-0.15, -0.1) is 0 Å². The molecule has 0 bridgehead atoms. The molecule has 0 aliphatic carbocycles. The molecule has 1 saturated heterocycles. The minimum atomic E-state index is -0.438. The van der Waals surface area contributed by atoms with Crippen molar-refractivity contribution in [2.75, 3.05) is 26.5 Å². The van der Waals surface area contributed by atoms with Crippen LogP contribution < -0.4 is 5.32 Å². The second kappa shape index (κ2) is 18.4. The van der Waals surface area contributed by atoms with Crippen LogP contribution in [0.5, 0.6) is 0 Å². The van der Waals surface area contributed by atoms with E-state index in [4.69, 9.17) is 19.7 Å². The van der Waals surface area contributed by atoms with Crippen molar-refractivity contribution >= 4 is 29.6 Å². The highest BCUT2D eigenvalue weighted by Gasteiger charge is 2.28. The van der Waals surface area contributed by atoms with Gasteiger partial charge < -0.3 is 19.4 Å². The summed E-state index contributed by atoms with van der Waals surface area (Å²) in [5.74, 6) is 1.32. The number of allylic oxidation sites excluding steroid dienone is 2. The number of nitriles is 1. The largest absolute Gasteiger partial charge is 0.474 e. The predicted molar refractivity (Wildman–Crippen MR) is 185 cm³/mol. The SMILES string of the molecule is CC.CCC(CC)n1c(CN2CCC(C3C=CC=C(OCc4ccc(C#N)cc4F)N3)CC2)nc2ccc(C(=O)OC)cc21.CS. The van der Waals surface area contributed by atoms with E-state index in [0.717, 1.165) is 62.2 Å².